The van der Waals surface area contributed by atoms with Crippen molar-refractivity contribution in [3.05, 3.63) is 70.2 Å². The number of nitrogens with one attached hydrogen (secondary N) is 1. The Morgan fingerprint density at radius 3 is 2.44 bits per heavy atom. The van der Waals surface area contributed by atoms with Crippen LogP contribution < -0.4 is 19.5 Å². The number of hydrogen-bond donors (Lipinski definition) is 1. The molecule has 0 fully saturated rings. The molecule has 0 saturated heterocycles. The lowest BCUT2D eigenvalue weighted by molar-refractivity contribution is -0.121. The van der Waals surface area contributed by atoms with Crippen LogP contribution in [-0.4, -0.2) is 36.3 Å². The van der Waals surface area contributed by atoms with Crippen LogP contribution >= 0.6 is 23.2 Å². The predicted molar refractivity (Wildman–Crippen MR) is 124 cm³/mol. The summed E-state index contributed by atoms with van der Waals surface area (Å²) >= 11 is 12.0. The van der Waals surface area contributed by atoms with Crippen LogP contribution in [0.2, 0.25) is 10.0 Å². The number of hydrogen-bond acceptors (Lipinski definition) is 5. The zero-order valence-electron chi connectivity index (χ0n) is 18.1. The van der Waals surface area contributed by atoms with Gasteiger partial charge in [0.2, 0.25) is 5.91 Å². The standard InChI is InChI=1S/C23H25Cl2N3O4/c1-28-9-8-26-23(28)22(15-11-17(30-2)14-18(12-15)31-3)27-21(29)5-4-10-32-20-7-6-16(24)13-19(20)25/h6-9,11-14,22H,4-5,10H2,1-3H3,(H,27,29)/t22-/m0/s1. The molecule has 1 amide bonds. The molecule has 1 aromatic heterocycles. The number of methoxy groups -OCH3 is 2. The van der Waals surface area contributed by atoms with E-state index in [9.17, 15) is 4.79 Å². The average Bonchev–Trinajstić information content (AvgIpc) is 3.21. The molecule has 32 heavy (non-hydrogen) atoms. The number of halogens is 2. The van der Waals surface area contributed by atoms with Crippen molar-refractivity contribution in [1.29, 1.82) is 0 Å². The second kappa shape index (κ2) is 11.1. The quantitative estimate of drug-likeness (QED) is 0.424. The number of carbonyl (C=O) groups is 1. The Morgan fingerprint density at radius 1 is 1.12 bits per heavy atom. The van der Waals surface area contributed by atoms with Crippen LogP contribution in [0.5, 0.6) is 17.2 Å². The molecule has 7 nitrogen and oxygen atoms in total. The lowest BCUT2D eigenvalue weighted by atomic mass is 10.0. The summed E-state index contributed by atoms with van der Waals surface area (Å²) in [5.74, 6) is 2.34. The Labute approximate surface area is 197 Å². The van der Waals surface area contributed by atoms with Crippen LogP contribution in [0.1, 0.15) is 30.3 Å². The number of ether oxygens (including phenoxy) is 3. The van der Waals surface area contributed by atoms with Crippen LogP contribution in [0.15, 0.2) is 48.8 Å². The fourth-order valence-electron chi connectivity index (χ4n) is 3.19. The third-order valence-corrected chi connectivity index (χ3v) is 5.36. The summed E-state index contributed by atoms with van der Waals surface area (Å²) in [5.41, 5.74) is 0.799. The van der Waals surface area contributed by atoms with Gasteiger partial charge in [-0.15, -0.1) is 0 Å². The van der Waals surface area contributed by atoms with Crippen molar-refractivity contribution in [1.82, 2.24) is 14.9 Å². The minimum absolute atomic E-state index is 0.134. The van der Waals surface area contributed by atoms with Crippen molar-refractivity contribution < 1.29 is 19.0 Å². The zero-order valence-corrected chi connectivity index (χ0v) is 19.6. The molecule has 170 valence electrons. The highest BCUT2D eigenvalue weighted by atomic mass is 35.5. The molecular formula is C23H25Cl2N3O4. The van der Waals surface area contributed by atoms with E-state index in [2.05, 4.69) is 10.3 Å². The Hall–Kier alpha value is -2.90. The van der Waals surface area contributed by atoms with Gasteiger partial charge in [0, 0.05) is 37.0 Å². The molecule has 0 spiro atoms. The topological polar surface area (TPSA) is 74.6 Å². The van der Waals surface area contributed by atoms with Crippen LogP contribution in [-0.2, 0) is 11.8 Å². The highest BCUT2D eigenvalue weighted by Gasteiger charge is 2.22. The van der Waals surface area contributed by atoms with Gasteiger partial charge in [-0.1, -0.05) is 23.2 Å². The predicted octanol–water partition coefficient (Wildman–Crippen LogP) is 4.81. The summed E-state index contributed by atoms with van der Waals surface area (Å²) in [4.78, 5) is 17.2. The number of benzene rings is 2. The first-order valence-corrected chi connectivity index (χ1v) is 10.7. The van der Waals surface area contributed by atoms with Crippen molar-refractivity contribution in [2.24, 2.45) is 7.05 Å². The average molecular weight is 478 g/mol. The number of aryl methyl sites for hydroxylation is 1. The number of rotatable bonds is 10. The first kappa shape index (κ1) is 23.8. The van der Waals surface area contributed by atoms with Gasteiger partial charge in [0.15, 0.2) is 0 Å². The molecule has 1 N–H and O–H groups in total. The lowest BCUT2D eigenvalue weighted by Crippen LogP contribution is -2.31. The van der Waals surface area contributed by atoms with Gasteiger partial charge < -0.3 is 24.1 Å². The van der Waals surface area contributed by atoms with E-state index in [0.29, 0.717) is 46.1 Å². The third-order valence-electron chi connectivity index (χ3n) is 4.83. The molecular weight excluding hydrogens is 453 g/mol. The summed E-state index contributed by atoms with van der Waals surface area (Å²) in [6, 6.07) is 10.0. The first-order chi connectivity index (χ1) is 15.4. The molecule has 0 aliphatic rings. The van der Waals surface area contributed by atoms with E-state index >= 15 is 0 Å². The van der Waals surface area contributed by atoms with Gasteiger partial charge in [0.05, 0.1) is 25.8 Å². The number of nitrogens with zero attached hydrogens (tertiary/aromatic N) is 2. The van der Waals surface area contributed by atoms with Gasteiger partial charge in [-0.3, -0.25) is 4.79 Å². The van der Waals surface area contributed by atoms with Gasteiger partial charge in [-0.05, 0) is 42.3 Å². The molecule has 1 heterocycles. The molecule has 0 saturated carbocycles. The normalized spacial score (nSPS) is 11.7. The second-order valence-corrected chi connectivity index (χ2v) is 7.91. The first-order valence-electron chi connectivity index (χ1n) is 9.98. The highest BCUT2D eigenvalue weighted by Crippen LogP contribution is 2.30. The second-order valence-electron chi connectivity index (χ2n) is 7.07. The Bertz CT molecular complexity index is 1050. The molecule has 0 bridgehead atoms. The molecule has 3 aromatic rings. The van der Waals surface area contributed by atoms with E-state index in [0.717, 1.165) is 5.56 Å². The van der Waals surface area contributed by atoms with Gasteiger partial charge >= 0.3 is 0 Å². The van der Waals surface area contributed by atoms with Crippen LogP contribution in [0, 0.1) is 0 Å². The number of aromatic nitrogens is 2. The van der Waals surface area contributed by atoms with E-state index in [1.54, 1.807) is 44.7 Å². The molecule has 0 unspecified atom stereocenters. The van der Waals surface area contributed by atoms with Crippen LogP contribution in [0.3, 0.4) is 0 Å². The molecule has 9 heteroatoms. The van der Waals surface area contributed by atoms with E-state index in [1.807, 2.05) is 29.9 Å². The van der Waals surface area contributed by atoms with Crippen LogP contribution in [0.4, 0.5) is 0 Å². The van der Waals surface area contributed by atoms with Gasteiger partial charge in [0.25, 0.3) is 0 Å². The van der Waals surface area contributed by atoms with Crippen molar-refractivity contribution in [3.63, 3.8) is 0 Å². The molecule has 2 aromatic carbocycles. The SMILES string of the molecule is COc1cc(OC)cc([C@H](NC(=O)CCCOc2ccc(Cl)cc2Cl)c2nccn2C)c1. The maximum atomic E-state index is 12.8. The number of amides is 1. The molecule has 0 aliphatic carbocycles. The van der Waals surface area contributed by atoms with E-state index in [4.69, 9.17) is 37.4 Å². The maximum Gasteiger partial charge on any atom is 0.220 e. The van der Waals surface area contributed by atoms with Crippen molar-refractivity contribution >= 4 is 29.1 Å². The monoisotopic (exact) mass is 477 g/mol. The summed E-state index contributed by atoms with van der Waals surface area (Å²) < 4.78 is 18.3. The van der Waals surface area contributed by atoms with Crippen molar-refractivity contribution in [2.45, 2.75) is 18.9 Å². The number of imidazole rings is 1. The summed E-state index contributed by atoms with van der Waals surface area (Å²) in [6.45, 7) is 0.342. The Balaban J connectivity index is 1.67. The molecule has 0 aliphatic heterocycles. The van der Waals surface area contributed by atoms with Crippen LogP contribution in [0.25, 0.3) is 0 Å². The van der Waals surface area contributed by atoms with E-state index in [-0.39, 0.29) is 12.3 Å². The lowest BCUT2D eigenvalue weighted by Gasteiger charge is -2.20. The number of carbonyl (C=O) groups excluding carboxylic acids is 1. The van der Waals surface area contributed by atoms with Gasteiger partial charge in [-0.2, -0.15) is 0 Å². The smallest absolute Gasteiger partial charge is 0.220 e. The summed E-state index contributed by atoms with van der Waals surface area (Å²) in [6.07, 6.45) is 4.30. The van der Waals surface area contributed by atoms with Crippen molar-refractivity contribution in [2.75, 3.05) is 20.8 Å². The Kier molecular flexibility index (Phi) is 8.25. The molecule has 1 atom stereocenters. The minimum Gasteiger partial charge on any atom is -0.497 e. The summed E-state index contributed by atoms with van der Waals surface area (Å²) in [7, 11) is 5.04. The fraction of sp³-hybridized carbons (Fsp3) is 0.304. The van der Waals surface area contributed by atoms with Gasteiger partial charge in [0.1, 0.15) is 29.1 Å². The fourth-order valence-corrected chi connectivity index (χ4v) is 3.65. The molecule has 0 radical (unpaired) electrons. The maximum absolute atomic E-state index is 12.8. The van der Waals surface area contributed by atoms with E-state index < -0.39 is 6.04 Å². The third kappa shape index (κ3) is 6.08. The largest absolute Gasteiger partial charge is 0.497 e. The van der Waals surface area contributed by atoms with Crippen molar-refractivity contribution in [3.8, 4) is 17.2 Å². The van der Waals surface area contributed by atoms with Gasteiger partial charge in [-0.25, -0.2) is 4.98 Å². The Morgan fingerprint density at radius 2 is 1.84 bits per heavy atom. The highest BCUT2D eigenvalue weighted by molar-refractivity contribution is 6.35. The minimum atomic E-state index is -0.474. The molecule has 3 rings (SSSR count). The summed E-state index contributed by atoms with van der Waals surface area (Å²) in [5, 5.41) is 4.04. The van der Waals surface area contributed by atoms with E-state index in [1.165, 1.54) is 0 Å². The zero-order chi connectivity index (χ0) is 23.1.